The highest BCUT2D eigenvalue weighted by atomic mass is 79.9. The van der Waals surface area contributed by atoms with Crippen molar-refractivity contribution in [2.24, 2.45) is 0 Å². The quantitative estimate of drug-likeness (QED) is 0.210. The Bertz CT molecular complexity index is 1750. The summed E-state index contributed by atoms with van der Waals surface area (Å²) in [6.45, 7) is -0.301. The van der Waals surface area contributed by atoms with Gasteiger partial charge in [-0.05, 0) is 61.7 Å². The van der Waals surface area contributed by atoms with Gasteiger partial charge in [-0.15, -0.1) is 0 Å². The molecule has 0 spiro atoms. The number of carboxylic acid groups (broad SMARTS) is 1. The summed E-state index contributed by atoms with van der Waals surface area (Å²) < 4.78 is 62.6. The number of amides is 2. The number of phenolic OH excluding ortho intramolecular Hbond substituents is 1. The molecule has 3 aromatic rings. The van der Waals surface area contributed by atoms with Crippen molar-refractivity contribution < 1.29 is 46.1 Å². The number of hydrogen-bond donors (Lipinski definition) is 5. The number of urea groups is 1. The number of nitrogens with one attached hydrogen (secondary N) is 3. The number of halogens is 2. The van der Waals surface area contributed by atoms with Crippen molar-refractivity contribution in [1.29, 1.82) is 5.26 Å². The van der Waals surface area contributed by atoms with Gasteiger partial charge in [-0.2, -0.15) is 15.2 Å². The van der Waals surface area contributed by atoms with Gasteiger partial charge in [-0.3, -0.25) is 5.32 Å². The summed E-state index contributed by atoms with van der Waals surface area (Å²) in [6, 6.07) is 8.24. The number of anilines is 1. The fourth-order valence-electron chi connectivity index (χ4n) is 2.89. The first-order valence-electron chi connectivity index (χ1n) is 11.2. The molecule has 0 saturated carbocycles. The van der Waals surface area contributed by atoms with E-state index in [9.17, 15) is 36.6 Å². The molecule has 2 aromatic carbocycles. The van der Waals surface area contributed by atoms with Crippen LogP contribution in [-0.2, 0) is 26.6 Å². The van der Waals surface area contributed by atoms with Gasteiger partial charge in [0.15, 0.2) is 0 Å². The fraction of sp³-hybridized carbons (Fsp3) is 0.174. The van der Waals surface area contributed by atoms with E-state index in [0.717, 1.165) is 18.4 Å². The summed E-state index contributed by atoms with van der Waals surface area (Å²) in [6.07, 6.45) is 0.901. The minimum absolute atomic E-state index is 0.0225. The molecule has 2 amide bonds. The lowest BCUT2D eigenvalue weighted by molar-refractivity contribution is 0.0692. The molecule has 16 nitrogen and oxygen atoms in total. The largest absolute Gasteiger partial charge is 0.506 e. The summed E-state index contributed by atoms with van der Waals surface area (Å²) in [5, 5.41) is 29.1. The van der Waals surface area contributed by atoms with Gasteiger partial charge in [0.2, 0.25) is 27.7 Å². The maximum atomic E-state index is 12.7. The number of aromatic nitrogens is 2. The van der Waals surface area contributed by atoms with Crippen molar-refractivity contribution in [3.63, 3.8) is 0 Å². The Balaban J connectivity index is 0.000000490. The number of carbonyl (C=O) groups is 2. The van der Waals surface area contributed by atoms with E-state index < -0.39 is 42.5 Å². The third-order valence-electron chi connectivity index (χ3n) is 4.80. The van der Waals surface area contributed by atoms with E-state index >= 15 is 0 Å². The van der Waals surface area contributed by atoms with Gasteiger partial charge in [0.25, 0.3) is 10.0 Å². The molecule has 0 unspecified atom stereocenters. The number of rotatable bonds is 9. The van der Waals surface area contributed by atoms with Gasteiger partial charge in [0.1, 0.15) is 10.6 Å². The van der Waals surface area contributed by atoms with E-state index in [0.29, 0.717) is 14.5 Å². The number of benzene rings is 2. The monoisotopic (exact) mass is 764 g/mol. The van der Waals surface area contributed by atoms with Crippen molar-refractivity contribution >= 4 is 69.9 Å². The number of carbonyl (C=O) groups excluding carboxylic acids is 1. The van der Waals surface area contributed by atoms with Gasteiger partial charge < -0.3 is 19.7 Å². The number of nitriles is 1. The van der Waals surface area contributed by atoms with Crippen LogP contribution in [0.2, 0.25) is 0 Å². The summed E-state index contributed by atoms with van der Waals surface area (Å²) in [5.74, 6) is -1.76. The lowest BCUT2D eigenvalue weighted by Gasteiger charge is -2.12. The summed E-state index contributed by atoms with van der Waals surface area (Å²) in [7, 11) is -5.69. The normalized spacial score (nSPS) is 10.9. The van der Waals surface area contributed by atoms with Gasteiger partial charge in [-0.1, -0.05) is 6.07 Å². The zero-order valence-electron chi connectivity index (χ0n) is 22.2. The minimum atomic E-state index is -4.70. The van der Waals surface area contributed by atoms with Crippen molar-refractivity contribution in [2.45, 2.75) is 11.4 Å². The van der Waals surface area contributed by atoms with Crippen LogP contribution >= 0.6 is 31.9 Å². The zero-order chi connectivity index (χ0) is 32.5. The maximum Gasteiger partial charge on any atom is 0.337 e. The Hall–Kier alpha value is -4.03. The standard InChI is InChI=1S/C16H19N5O9S2.C7H3Br2NO/c1-29-12-7-13(30-2)19-15(18-12)20-16(24)21-32(27,28)11-6-9(8-17-31(3,25)26)4-5-10(11)14(22)23;8-5-1-4(3-10)2-6(9)7(5)11/h4-7,17H,8H2,1-3H3,(H,22,23)(H2,18,19,20,21,24);1-2,11H. The Morgan fingerprint density at radius 2 is 1.56 bits per heavy atom. The van der Waals surface area contributed by atoms with Crippen LogP contribution in [0, 0.1) is 11.3 Å². The van der Waals surface area contributed by atoms with Crippen LogP contribution in [0.15, 0.2) is 50.2 Å². The van der Waals surface area contributed by atoms with Gasteiger partial charge >= 0.3 is 12.0 Å². The molecule has 0 bridgehead atoms. The van der Waals surface area contributed by atoms with Crippen LogP contribution in [0.25, 0.3) is 0 Å². The molecule has 0 fully saturated rings. The second kappa shape index (κ2) is 14.9. The molecule has 230 valence electrons. The molecule has 5 N–H and O–H groups in total. The average molecular weight is 766 g/mol. The molecule has 0 atom stereocenters. The number of methoxy groups -OCH3 is 2. The first-order chi connectivity index (χ1) is 20.0. The second-order valence-electron chi connectivity index (χ2n) is 7.97. The molecule has 43 heavy (non-hydrogen) atoms. The predicted octanol–water partition coefficient (Wildman–Crippen LogP) is 2.54. The van der Waals surface area contributed by atoms with Crippen LogP contribution in [0.4, 0.5) is 10.7 Å². The second-order valence-corrected chi connectivity index (χ2v) is 13.2. The van der Waals surface area contributed by atoms with Gasteiger partial charge in [0.05, 0.1) is 52.7 Å². The Kier molecular flexibility index (Phi) is 12.2. The number of hydrogen-bond acceptors (Lipinski definition) is 12. The molecule has 1 heterocycles. The molecule has 20 heteroatoms. The Labute approximate surface area is 262 Å². The highest BCUT2D eigenvalue weighted by Gasteiger charge is 2.25. The molecular weight excluding hydrogens is 744 g/mol. The molecule has 0 radical (unpaired) electrons. The predicted molar refractivity (Wildman–Crippen MR) is 158 cm³/mol. The molecule has 1 aromatic heterocycles. The molecule has 0 aliphatic heterocycles. The zero-order valence-corrected chi connectivity index (χ0v) is 27.1. The van der Waals surface area contributed by atoms with Crippen LogP contribution < -0.4 is 24.2 Å². The van der Waals surface area contributed by atoms with Crippen molar-refractivity contribution in [3.05, 3.63) is 62.0 Å². The smallest absolute Gasteiger partial charge is 0.337 e. The van der Waals surface area contributed by atoms with Gasteiger partial charge in [0, 0.05) is 6.54 Å². The van der Waals surface area contributed by atoms with Crippen LogP contribution in [0.1, 0.15) is 21.5 Å². The SMILES string of the molecule is COc1cc(OC)nc(NC(=O)NS(=O)(=O)c2cc(CNS(C)(=O)=O)ccc2C(=O)O)n1.N#Cc1cc(Br)c(O)c(Br)c1. The summed E-state index contributed by atoms with van der Waals surface area (Å²) in [5.41, 5.74) is 0.0105. The minimum Gasteiger partial charge on any atom is -0.506 e. The maximum absolute atomic E-state index is 12.7. The first-order valence-corrected chi connectivity index (χ1v) is 16.2. The van der Waals surface area contributed by atoms with E-state index in [4.69, 9.17) is 14.7 Å². The first kappa shape index (κ1) is 35.2. The molecule has 3 rings (SSSR count). The van der Waals surface area contributed by atoms with E-state index in [-0.39, 0.29) is 35.6 Å². The number of aromatic carboxylic acids is 1. The number of aromatic hydroxyl groups is 1. The molecule has 0 aliphatic carbocycles. The lowest BCUT2D eigenvalue weighted by atomic mass is 10.1. The Morgan fingerprint density at radius 1 is 1.00 bits per heavy atom. The van der Waals surface area contributed by atoms with Crippen molar-refractivity contribution in [3.8, 4) is 23.6 Å². The third kappa shape index (κ3) is 10.6. The van der Waals surface area contributed by atoms with E-state index in [2.05, 4.69) is 51.9 Å². The van der Waals surface area contributed by atoms with Crippen LogP contribution in [0.3, 0.4) is 0 Å². The molecule has 0 saturated heterocycles. The topological polar surface area (TPSA) is 247 Å². The number of carboxylic acids is 1. The van der Waals surface area contributed by atoms with Crippen molar-refractivity contribution in [1.82, 2.24) is 19.4 Å². The molecule has 0 aliphatic rings. The number of sulfonamides is 2. The van der Waals surface area contributed by atoms with E-state index in [1.54, 1.807) is 16.9 Å². The third-order valence-corrected chi connectivity index (χ3v) is 8.05. The average Bonchev–Trinajstić information content (AvgIpc) is 2.93. The number of ether oxygens (including phenoxy) is 2. The molecular formula is C23H22Br2N6O10S2. The number of nitrogens with zero attached hydrogens (tertiary/aromatic N) is 3. The summed E-state index contributed by atoms with van der Waals surface area (Å²) >= 11 is 6.21. The van der Waals surface area contributed by atoms with E-state index in [1.165, 1.54) is 26.4 Å². The van der Waals surface area contributed by atoms with E-state index in [1.807, 2.05) is 6.07 Å². The number of phenols is 1. The Morgan fingerprint density at radius 3 is 2.02 bits per heavy atom. The fourth-order valence-corrected chi connectivity index (χ4v) is 5.67. The summed E-state index contributed by atoms with van der Waals surface area (Å²) in [4.78, 5) is 30.6. The van der Waals surface area contributed by atoms with Crippen molar-refractivity contribution in [2.75, 3.05) is 25.8 Å². The van der Waals surface area contributed by atoms with Gasteiger partial charge in [-0.25, -0.2) is 35.9 Å². The highest BCUT2D eigenvalue weighted by molar-refractivity contribution is 9.11. The highest BCUT2D eigenvalue weighted by Crippen LogP contribution is 2.33. The van der Waals surface area contributed by atoms with Crippen LogP contribution in [0.5, 0.6) is 17.5 Å². The lowest BCUT2D eigenvalue weighted by Crippen LogP contribution is -2.35. The van der Waals surface area contributed by atoms with Crippen LogP contribution in [-0.4, -0.2) is 69.5 Å².